The minimum absolute atomic E-state index is 0.0753. The van der Waals surface area contributed by atoms with Crippen LogP contribution in [0.1, 0.15) is 12.2 Å². The van der Waals surface area contributed by atoms with Gasteiger partial charge in [0.1, 0.15) is 23.2 Å². The molecule has 2 heterocycles. The van der Waals surface area contributed by atoms with Crippen molar-refractivity contribution in [1.82, 2.24) is 19.9 Å². The zero-order chi connectivity index (χ0) is 28.6. The molecule has 0 spiro atoms. The van der Waals surface area contributed by atoms with Gasteiger partial charge in [0.05, 0.1) is 35.6 Å². The van der Waals surface area contributed by atoms with E-state index in [4.69, 9.17) is 9.72 Å². The summed E-state index contributed by atoms with van der Waals surface area (Å²) in [6.45, 7) is 1.86. The van der Waals surface area contributed by atoms with Crippen molar-refractivity contribution in [2.45, 2.75) is 12.8 Å². The molecule has 0 aliphatic heterocycles. The zero-order valence-corrected chi connectivity index (χ0v) is 23.8. The van der Waals surface area contributed by atoms with Gasteiger partial charge in [0.2, 0.25) is 0 Å². The van der Waals surface area contributed by atoms with Crippen molar-refractivity contribution in [2.24, 2.45) is 0 Å². The molecule has 4 rings (SSSR count). The maximum absolute atomic E-state index is 13.6. The van der Waals surface area contributed by atoms with Gasteiger partial charge in [-0.3, -0.25) is 0 Å². The van der Waals surface area contributed by atoms with Gasteiger partial charge in [-0.1, -0.05) is 0 Å². The van der Waals surface area contributed by atoms with Crippen molar-refractivity contribution in [3.05, 3.63) is 66.4 Å². The molecule has 4 N–H and O–H groups in total. The highest BCUT2D eigenvalue weighted by molar-refractivity contribution is 5.83. The number of imidazole rings is 1. The lowest BCUT2D eigenvalue weighted by molar-refractivity contribution is 0.287. The maximum atomic E-state index is 13.6. The number of halogens is 1. The third-order valence-corrected chi connectivity index (χ3v) is 6.63. The van der Waals surface area contributed by atoms with Crippen molar-refractivity contribution in [1.29, 1.82) is 0 Å². The van der Waals surface area contributed by atoms with E-state index < -0.39 is 0 Å². The van der Waals surface area contributed by atoms with Gasteiger partial charge in [-0.2, -0.15) is 0 Å². The molecule has 9 nitrogen and oxygen atoms in total. The fourth-order valence-electron chi connectivity index (χ4n) is 4.43. The Labute approximate surface area is 235 Å². The summed E-state index contributed by atoms with van der Waals surface area (Å²) in [5, 5.41) is 16.0. The Balaban J connectivity index is 1.67. The highest BCUT2D eigenvalue weighted by atomic mass is 19.1. The first kappa shape index (κ1) is 28.8. The lowest BCUT2D eigenvalue weighted by Crippen LogP contribution is -2.29. The van der Waals surface area contributed by atoms with Crippen molar-refractivity contribution >= 4 is 22.9 Å². The van der Waals surface area contributed by atoms with E-state index in [1.807, 2.05) is 31.3 Å². The molecule has 0 atom stereocenters. The predicted octanol–water partition coefficient (Wildman–Crippen LogP) is 4.99. The molecule has 0 saturated carbocycles. The van der Waals surface area contributed by atoms with Crippen LogP contribution in [0.15, 0.2) is 54.7 Å². The van der Waals surface area contributed by atoms with Crippen LogP contribution < -0.4 is 20.3 Å². The number of aryl methyl sites for hydroxylation is 1. The van der Waals surface area contributed by atoms with Gasteiger partial charge in [0, 0.05) is 63.6 Å². The standard InChI is InChI=1S/C30H38FN7O2/c1-32-23-18-24(26(40-5)19-25(23)38(4)15-14-37(2)3)34-28-17-21(12-13-33-28)30-29(20-8-10-22(31)11-9-20)35-27(36-30)7-6-16-39/h8-13,17-19,32,39H,6-7,14-16H2,1-5H3,(H,33,34)(H,35,36). The van der Waals surface area contributed by atoms with Gasteiger partial charge in [-0.25, -0.2) is 14.4 Å². The topological polar surface area (TPSA) is 102 Å². The Morgan fingerprint density at radius 3 is 2.45 bits per heavy atom. The second-order valence-electron chi connectivity index (χ2n) is 9.84. The molecule has 4 aromatic rings. The summed E-state index contributed by atoms with van der Waals surface area (Å²) in [6, 6.07) is 14.2. The number of aromatic amines is 1. The molecule has 0 aliphatic carbocycles. The lowest BCUT2D eigenvalue weighted by Gasteiger charge is -2.25. The van der Waals surface area contributed by atoms with Crippen LogP contribution in [0.25, 0.3) is 22.5 Å². The number of ether oxygens (including phenoxy) is 1. The van der Waals surface area contributed by atoms with Crippen molar-refractivity contribution < 1.29 is 14.2 Å². The minimum Gasteiger partial charge on any atom is -0.494 e. The number of nitrogens with zero attached hydrogens (tertiary/aromatic N) is 4. The first-order chi connectivity index (χ1) is 19.3. The number of rotatable bonds is 13. The molecule has 0 radical (unpaired) electrons. The number of aliphatic hydroxyl groups excluding tert-OH is 1. The molecule has 40 heavy (non-hydrogen) atoms. The van der Waals surface area contributed by atoms with E-state index in [9.17, 15) is 9.50 Å². The van der Waals surface area contributed by atoms with E-state index in [1.54, 1.807) is 25.4 Å². The van der Waals surface area contributed by atoms with E-state index in [0.717, 1.165) is 52.8 Å². The predicted molar refractivity (Wildman–Crippen MR) is 160 cm³/mol. The molecule has 212 valence electrons. The quantitative estimate of drug-likeness (QED) is 0.186. The summed E-state index contributed by atoms with van der Waals surface area (Å²) < 4.78 is 19.4. The van der Waals surface area contributed by atoms with E-state index in [2.05, 4.69) is 51.5 Å². The Morgan fingerprint density at radius 2 is 1.77 bits per heavy atom. The lowest BCUT2D eigenvalue weighted by atomic mass is 10.1. The second-order valence-corrected chi connectivity index (χ2v) is 9.84. The van der Waals surface area contributed by atoms with Gasteiger partial charge in [0.25, 0.3) is 0 Å². The highest BCUT2D eigenvalue weighted by Gasteiger charge is 2.17. The molecule has 2 aromatic heterocycles. The number of pyridine rings is 1. The minimum atomic E-state index is -0.304. The second kappa shape index (κ2) is 13.3. The summed E-state index contributed by atoms with van der Waals surface area (Å²) in [5.74, 6) is 1.77. The number of benzene rings is 2. The number of aliphatic hydroxyl groups is 1. The zero-order valence-electron chi connectivity index (χ0n) is 23.8. The molecule has 0 bridgehead atoms. The van der Waals surface area contributed by atoms with Crippen molar-refractivity contribution in [2.75, 3.05) is 70.5 Å². The molecule has 0 unspecified atom stereocenters. The van der Waals surface area contributed by atoms with Crippen LogP contribution in [0, 0.1) is 5.82 Å². The third kappa shape index (κ3) is 6.88. The largest absolute Gasteiger partial charge is 0.494 e. The van der Waals surface area contributed by atoms with Crippen LogP contribution in [0.2, 0.25) is 0 Å². The summed E-state index contributed by atoms with van der Waals surface area (Å²) in [7, 11) is 9.74. The number of methoxy groups -OCH3 is 1. The average Bonchev–Trinajstić information content (AvgIpc) is 3.39. The van der Waals surface area contributed by atoms with Crippen LogP contribution >= 0.6 is 0 Å². The summed E-state index contributed by atoms with van der Waals surface area (Å²) in [5.41, 5.74) is 5.94. The number of likely N-dealkylation sites (N-methyl/N-ethyl adjacent to an activating group) is 2. The normalized spacial score (nSPS) is 11.1. The molecular weight excluding hydrogens is 509 g/mol. The first-order valence-electron chi connectivity index (χ1n) is 13.3. The highest BCUT2D eigenvalue weighted by Crippen LogP contribution is 2.38. The Hall–Kier alpha value is -4.15. The molecule has 0 aliphatic rings. The SMILES string of the molecule is CNc1cc(Nc2cc(-c3[nH]c(CCCO)nc3-c3ccc(F)cc3)ccn2)c(OC)cc1N(C)CCN(C)C. The fourth-order valence-corrected chi connectivity index (χ4v) is 4.43. The third-order valence-electron chi connectivity index (χ3n) is 6.63. The van der Waals surface area contributed by atoms with Gasteiger partial charge >= 0.3 is 0 Å². The first-order valence-corrected chi connectivity index (χ1v) is 13.3. The van der Waals surface area contributed by atoms with E-state index in [0.29, 0.717) is 30.1 Å². The van der Waals surface area contributed by atoms with Crippen LogP contribution in [0.5, 0.6) is 5.75 Å². The number of hydrogen-bond acceptors (Lipinski definition) is 8. The van der Waals surface area contributed by atoms with Crippen molar-refractivity contribution in [3.63, 3.8) is 0 Å². The van der Waals surface area contributed by atoms with Crippen LogP contribution in [0.4, 0.5) is 27.3 Å². The molecule has 2 aromatic carbocycles. The number of nitrogens with one attached hydrogen (secondary N) is 3. The smallest absolute Gasteiger partial charge is 0.144 e. The van der Waals surface area contributed by atoms with Crippen LogP contribution in [-0.4, -0.2) is 80.0 Å². The number of anilines is 4. The Kier molecular flexibility index (Phi) is 9.57. The molecule has 0 amide bonds. The number of hydrogen-bond donors (Lipinski definition) is 4. The molecule has 10 heteroatoms. The van der Waals surface area contributed by atoms with E-state index in [1.165, 1.54) is 12.1 Å². The van der Waals surface area contributed by atoms with Crippen LogP contribution in [-0.2, 0) is 6.42 Å². The maximum Gasteiger partial charge on any atom is 0.144 e. The van der Waals surface area contributed by atoms with E-state index >= 15 is 0 Å². The molecule has 0 saturated heterocycles. The average molecular weight is 548 g/mol. The van der Waals surface area contributed by atoms with Gasteiger partial charge in [0.15, 0.2) is 0 Å². The van der Waals surface area contributed by atoms with Gasteiger partial charge < -0.3 is 35.3 Å². The summed E-state index contributed by atoms with van der Waals surface area (Å²) >= 11 is 0. The molecular formula is C30H38FN7O2. The number of H-pyrrole nitrogens is 1. The van der Waals surface area contributed by atoms with Crippen LogP contribution in [0.3, 0.4) is 0 Å². The van der Waals surface area contributed by atoms with E-state index in [-0.39, 0.29) is 12.4 Å². The number of aromatic nitrogens is 3. The molecule has 0 fully saturated rings. The summed E-state index contributed by atoms with van der Waals surface area (Å²) in [6.07, 6.45) is 2.92. The Morgan fingerprint density at radius 1 is 1.00 bits per heavy atom. The monoisotopic (exact) mass is 547 g/mol. The summed E-state index contributed by atoms with van der Waals surface area (Å²) in [4.78, 5) is 17.1. The van der Waals surface area contributed by atoms with Crippen molar-refractivity contribution in [3.8, 4) is 28.3 Å². The van der Waals surface area contributed by atoms with Gasteiger partial charge in [-0.05, 0) is 63.0 Å². The Bertz CT molecular complexity index is 1410. The fraction of sp³-hybridized carbons (Fsp3) is 0.333. The van der Waals surface area contributed by atoms with Gasteiger partial charge in [-0.15, -0.1) is 0 Å².